The molecule has 0 bridgehead atoms. The lowest BCUT2D eigenvalue weighted by Gasteiger charge is -2.32. The summed E-state index contributed by atoms with van der Waals surface area (Å²) in [5, 5.41) is 1.83. The first-order valence-electron chi connectivity index (χ1n) is 5.18. The standard InChI is InChI=1S/C9H14F3N3OS/c10-9(11,12)5-14-8(16)15-3-1-2-6(4-15)7(13)17/h6H,1-5H2,(H2,13,17)(H,14,16). The summed E-state index contributed by atoms with van der Waals surface area (Å²) in [4.78, 5) is 13.1. The van der Waals surface area contributed by atoms with Crippen molar-refractivity contribution in [1.82, 2.24) is 10.2 Å². The van der Waals surface area contributed by atoms with Crippen LogP contribution in [-0.4, -0.2) is 41.7 Å². The lowest BCUT2D eigenvalue weighted by Crippen LogP contribution is -2.49. The van der Waals surface area contributed by atoms with Crippen LogP contribution in [0.25, 0.3) is 0 Å². The van der Waals surface area contributed by atoms with Crippen molar-refractivity contribution in [3.63, 3.8) is 0 Å². The lowest BCUT2D eigenvalue weighted by atomic mass is 9.98. The van der Waals surface area contributed by atoms with Crippen LogP contribution < -0.4 is 11.1 Å². The molecule has 1 aliphatic heterocycles. The largest absolute Gasteiger partial charge is 0.405 e. The maximum absolute atomic E-state index is 11.9. The average molecular weight is 269 g/mol. The molecule has 0 saturated carbocycles. The third kappa shape index (κ3) is 4.76. The van der Waals surface area contributed by atoms with Crippen LogP contribution in [0.5, 0.6) is 0 Å². The number of alkyl halides is 3. The van der Waals surface area contributed by atoms with Crippen molar-refractivity contribution in [1.29, 1.82) is 0 Å². The second kappa shape index (κ2) is 5.52. The van der Waals surface area contributed by atoms with Crippen LogP contribution in [0.2, 0.25) is 0 Å². The normalized spacial score (nSPS) is 21.1. The van der Waals surface area contributed by atoms with Gasteiger partial charge in [-0.3, -0.25) is 0 Å². The van der Waals surface area contributed by atoms with E-state index in [2.05, 4.69) is 0 Å². The molecule has 0 aromatic heterocycles. The van der Waals surface area contributed by atoms with Crippen molar-refractivity contribution in [2.24, 2.45) is 11.7 Å². The topological polar surface area (TPSA) is 58.4 Å². The number of nitrogens with zero attached hydrogens (tertiary/aromatic N) is 1. The van der Waals surface area contributed by atoms with E-state index in [0.29, 0.717) is 24.5 Å². The van der Waals surface area contributed by atoms with E-state index in [0.717, 1.165) is 6.42 Å². The monoisotopic (exact) mass is 269 g/mol. The summed E-state index contributed by atoms with van der Waals surface area (Å²) in [6.07, 6.45) is -2.92. The highest BCUT2D eigenvalue weighted by molar-refractivity contribution is 7.80. The van der Waals surface area contributed by atoms with Crippen LogP contribution >= 0.6 is 12.2 Å². The van der Waals surface area contributed by atoms with Crippen LogP contribution in [0.3, 0.4) is 0 Å². The van der Waals surface area contributed by atoms with E-state index in [9.17, 15) is 18.0 Å². The third-order valence-corrected chi connectivity index (χ3v) is 2.88. The number of piperidine rings is 1. The number of halogens is 3. The molecule has 1 atom stereocenters. The summed E-state index contributed by atoms with van der Waals surface area (Å²) in [7, 11) is 0. The first kappa shape index (κ1) is 14.0. The molecule has 98 valence electrons. The first-order chi connectivity index (χ1) is 7.79. The number of carbonyl (C=O) groups excluding carboxylic acids is 1. The number of likely N-dealkylation sites (tertiary alicyclic amines) is 1. The number of amides is 2. The van der Waals surface area contributed by atoms with E-state index in [1.54, 1.807) is 0 Å². The summed E-state index contributed by atoms with van der Waals surface area (Å²) < 4.78 is 35.7. The van der Waals surface area contributed by atoms with Gasteiger partial charge in [-0.15, -0.1) is 0 Å². The van der Waals surface area contributed by atoms with Crippen molar-refractivity contribution in [2.45, 2.75) is 19.0 Å². The second-order valence-electron chi connectivity index (χ2n) is 3.96. The van der Waals surface area contributed by atoms with Gasteiger partial charge in [-0.25, -0.2) is 4.79 Å². The van der Waals surface area contributed by atoms with Crippen molar-refractivity contribution >= 4 is 23.2 Å². The predicted molar refractivity (Wildman–Crippen MR) is 60.5 cm³/mol. The van der Waals surface area contributed by atoms with E-state index in [1.165, 1.54) is 4.90 Å². The maximum atomic E-state index is 11.9. The van der Waals surface area contributed by atoms with Gasteiger partial charge in [-0.2, -0.15) is 13.2 Å². The molecule has 1 aliphatic rings. The maximum Gasteiger partial charge on any atom is 0.405 e. The van der Waals surface area contributed by atoms with Gasteiger partial charge in [-0.1, -0.05) is 12.2 Å². The molecule has 8 heteroatoms. The smallest absolute Gasteiger partial charge is 0.393 e. The Bertz CT molecular complexity index is 308. The summed E-state index contributed by atoms with van der Waals surface area (Å²) in [6, 6.07) is -0.719. The van der Waals surface area contributed by atoms with Gasteiger partial charge >= 0.3 is 12.2 Å². The molecule has 3 N–H and O–H groups in total. The van der Waals surface area contributed by atoms with Gasteiger partial charge in [0, 0.05) is 19.0 Å². The van der Waals surface area contributed by atoms with Crippen LogP contribution in [0.4, 0.5) is 18.0 Å². The quantitative estimate of drug-likeness (QED) is 0.742. The summed E-state index contributed by atoms with van der Waals surface area (Å²) in [6.45, 7) is -0.595. The Labute approximate surface area is 102 Å². The Balaban J connectivity index is 2.44. The SMILES string of the molecule is NC(=S)C1CCCN(C(=O)NCC(F)(F)F)C1. The van der Waals surface area contributed by atoms with Crippen molar-refractivity contribution < 1.29 is 18.0 Å². The number of rotatable bonds is 2. The zero-order chi connectivity index (χ0) is 13.1. The summed E-state index contributed by atoms with van der Waals surface area (Å²) in [5.74, 6) is -0.101. The molecule has 17 heavy (non-hydrogen) atoms. The Morgan fingerprint density at radius 3 is 2.71 bits per heavy atom. The molecule has 1 heterocycles. The molecule has 1 unspecified atom stereocenters. The Morgan fingerprint density at radius 2 is 2.18 bits per heavy atom. The van der Waals surface area contributed by atoms with Gasteiger partial charge in [-0.05, 0) is 12.8 Å². The minimum atomic E-state index is -4.39. The Hall–Kier alpha value is -1.05. The van der Waals surface area contributed by atoms with Gasteiger partial charge in [0.25, 0.3) is 0 Å². The van der Waals surface area contributed by atoms with Gasteiger partial charge in [0.1, 0.15) is 6.54 Å². The highest BCUT2D eigenvalue weighted by Crippen LogP contribution is 2.17. The minimum Gasteiger partial charge on any atom is -0.393 e. The Morgan fingerprint density at radius 1 is 1.53 bits per heavy atom. The molecule has 1 saturated heterocycles. The van der Waals surface area contributed by atoms with E-state index >= 15 is 0 Å². The number of nitrogens with one attached hydrogen (secondary N) is 1. The van der Waals surface area contributed by atoms with Gasteiger partial charge in [0.15, 0.2) is 0 Å². The van der Waals surface area contributed by atoms with Gasteiger partial charge in [0.05, 0.1) is 4.99 Å². The van der Waals surface area contributed by atoms with Crippen LogP contribution in [-0.2, 0) is 0 Å². The van der Waals surface area contributed by atoms with Crippen molar-refractivity contribution in [2.75, 3.05) is 19.6 Å². The number of hydrogen-bond donors (Lipinski definition) is 2. The number of urea groups is 1. The first-order valence-corrected chi connectivity index (χ1v) is 5.59. The molecule has 1 fully saturated rings. The molecule has 0 aliphatic carbocycles. The second-order valence-corrected chi connectivity index (χ2v) is 4.43. The molecule has 1 rings (SSSR count). The highest BCUT2D eigenvalue weighted by Gasteiger charge is 2.30. The van der Waals surface area contributed by atoms with Crippen molar-refractivity contribution in [3.8, 4) is 0 Å². The number of carbonyl (C=O) groups is 1. The zero-order valence-corrected chi connectivity index (χ0v) is 9.90. The molecule has 0 radical (unpaired) electrons. The average Bonchev–Trinajstić information content (AvgIpc) is 2.25. The fraction of sp³-hybridized carbons (Fsp3) is 0.778. The fourth-order valence-electron chi connectivity index (χ4n) is 1.68. The van der Waals surface area contributed by atoms with E-state index in [-0.39, 0.29) is 5.92 Å². The van der Waals surface area contributed by atoms with Gasteiger partial charge < -0.3 is 16.0 Å². The molecule has 0 aromatic carbocycles. The van der Waals surface area contributed by atoms with E-state index < -0.39 is 18.8 Å². The highest BCUT2D eigenvalue weighted by atomic mass is 32.1. The predicted octanol–water partition coefficient (Wildman–Crippen LogP) is 1.26. The fourth-order valence-corrected chi connectivity index (χ4v) is 1.87. The lowest BCUT2D eigenvalue weighted by molar-refractivity contribution is -0.123. The van der Waals surface area contributed by atoms with Crippen LogP contribution in [0.15, 0.2) is 0 Å². The molecule has 4 nitrogen and oxygen atoms in total. The summed E-state index contributed by atoms with van der Waals surface area (Å²) >= 11 is 4.82. The van der Waals surface area contributed by atoms with Crippen LogP contribution in [0, 0.1) is 5.92 Å². The number of nitrogens with two attached hydrogens (primary N) is 1. The molecule has 2 amide bonds. The Kier molecular flexibility index (Phi) is 4.55. The molecule has 0 aromatic rings. The summed E-state index contributed by atoms with van der Waals surface area (Å²) in [5.41, 5.74) is 5.47. The third-order valence-electron chi connectivity index (χ3n) is 2.55. The number of thiocarbonyl (C=S) groups is 1. The van der Waals surface area contributed by atoms with E-state index in [4.69, 9.17) is 18.0 Å². The zero-order valence-electron chi connectivity index (χ0n) is 9.09. The van der Waals surface area contributed by atoms with E-state index in [1.807, 2.05) is 5.32 Å². The molecule has 0 spiro atoms. The molecular formula is C9H14F3N3OS. The van der Waals surface area contributed by atoms with Crippen LogP contribution in [0.1, 0.15) is 12.8 Å². The number of hydrogen-bond acceptors (Lipinski definition) is 2. The minimum absolute atomic E-state index is 0.101. The molecular weight excluding hydrogens is 255 g/mol. The van der Waals surface area contributed by atoms with Gasteiger partial charge in [0.2, 0.25) is 0 Å². The van der Waals surface area contributed by atoms with Crippen molar-refractivity contribution in [3.05, 3.63) is 0 Å².